The molecule has 4 rings (SSSR count). The first-order valence-corrected chi connectivity index (χ1v) is 9.70. The highest BCUT2D eigenvalue weighted by molar-refractivity contribution is 7.20. The lowest BCUT2D eigenvalue weighted by Crippen LogP contribution is -2.43. The topological polar surface area (TPSA) is 54.5 Å². The molecular formula is C19H18ClN3O2S. The van der Waals surface area contributed by atoms with Gasteiger partial charge in [-0.25, -0.2) is 9.78 Å². The van der Waals surface area contributed by atoms with Gasteiger partial charge in [0, 0.05) is 36.6 Å². The summed E-state index contributed by atoms with van der Waals surface area (Å²) in [5, 5.41) is 4.25. The molecule has 1 aliphatic rings. The maximum atomic E-state index is 12.4. The molecule has 2 amide bonds. The summed E-state index contributed by atoms with van der Waals surface area (Å²) < 4.78 is 7.16. The molecule has 2 aromatic carbocycles. The molecule has 2 heterocycles. The number of halogens is 1. The van der Waals surface area contributed by atoms with Gasteiger partial charge in [-0.05, 0) is 36.4 Å². The second-order valence-electron chi connectivity index (χ2n) is 6.19. The first kappa shape index (κ1) is 17.1. The first-order valence-electron chi connectivity index (χ1n) is 8.51. The van der Waals surface area contributed by atoms with E-state index in [2.05, 4.69) is 10.3 Å². The van der Waals surface area contributed by atoms with Crippen LogP contribution in [-0.2, 0) is 0 Å². The number of anilines is 1. The molecule has 134 valence electrons. The van der Waals surface area contributed by atoms with Crippen LogP contribution in [0.4, 0.5) is 10.5 Å². The number of fused-ring (bicyclic) bond motifs is 1. The fraction of sp³-hybridized carbons (Fsp3) is 0.263. The monoisotopic (exact) mass is 387 g/mol. The lowest BCUT2D eigenvalue weighted by molar-refractivity contribution is 0.115. The Kier molecular flexibility index (Phi) is 4.95. The number of para-hydroxylation sites is 1. The fourth-order valence-corrected chi connectivity index (χ4v) is 3.96. The molecule has 0 radical (unpaired) electrons. The van der Waals surface area contributed by atoms with Crippen molar-refractivity contribution >= 4 is 44.9 Å². The number of aromatic nitrogens is 1. The maximum Gasteiger partial charge on any atom is 0.321 e. The van der Waals surface area contributed by atoms with Crippen molar-refractivity contribution in [3.05, 3.63) is 53.6 Å². The predicted octanol–water partition coefficient (Wildman–Crippen LogP) is 5.03. The van der Waals surface area contributed by atoms with Crippen LogP contribution in [0.5, 0.6) is 5.19 Å². The third kappa shape index (κ3) is 3.92. The molecule has 26 heavy (non-hydrogen) atoms. The number of amides is 2. The largest absolute Gasteiger partial charge is 0.467 e. The van der Waals surface area contributed by atoms with Gasteiger partial charge in [0.1, 0.15) is 6.10 Å². The van der Waals surface area contributed by atoms with Gasteiger partial charge in [0.05, 0.1) is 10.2 Å². The van der Waals surface area contributed by atoms with E-state index in [4.69, 9.17) is 16.3 Å². The van der Waals surface area contributed by atoms with Gasteiger partial charge in [0.2, 0.25) is 0 Å². The van der Waals surface area contributed by atoms with Crippen molar-refractivity contribution in [2.45, 2.75) is 18.9 Å². The second kappa shape index (κ2) is 7.51. The van der Waals surface area contributed by atoms with Crippen LogP contribution in [0.2, 0.25) is 5.02 Å². The smallest absolute Gasteiger partial charge is 0.321 e. The van der Waals surface area contributed by atoms with Gasteiger partial charge in [-0.1, -0.05) is 35.1 Å². The third-order valence-electron chi connectivity index (χ3n) is 4.37. The normalized spacial score (nSPS) is 15.2. The van der Waals surface area contributed by atoms with Crippen LogP contribution in [0.1, 0.15) is 12.8 Å². The van der Waals surface area contributed by atoms with Gasteiger partial charge in [-0.3, -0.25) is 0 Å². The highest BCUT2D eigenvalue weighted by atomic mass is 35.5. The summed E-state index contributed by atoms with van der Waals surface area (Å²) in [4.78, 5) is 18.7. The number of ether oxygens (including phenoxy) is 1. The Bertz CT molecular complexity index is 872. The number of nitrogens with zero attached hydrogens (tertiary/aromatic N) is 2. The maximum absolute atomic E-state index is 12.4. The van der Waals surface area contributed by atoms with Crippen LogP contribution in [0, 0.1) is 0 Å². The zero-order valence-corrected chi connectivity index (χ0v) is 15.6. The van der Waals surface area contributed by atoms with Crippen molar-refractivity contribution < 1.29 is 9.53 Å². The van der Waals surface area contributed by atoms with E-state index >= 15 is 0 Å². The number of thiazole rings is 1. The number of hydrogen-bond acceptors (Lipinski definition) is 4. The summed E-state index contributed by atoms with van der Waals surface area (Å²) in [7, 11) is 0. The average molecular weight is 388 g/mol. The highest BCUT2D eigenvalue weighted by Crippen LogP contribution is 2.29. The first-order chi connectivity index (χ1) is 12.7. The van der Waals surface area contributed by atoms with Gasteiger partial charge in [-0.2, -0.15) is 0 Å². The minimum atomic E-state index is -0.0919. The Morgan fingerprint density at radius 2 is 1.88 bits per heavy atom. The number of carbonyl (C=O) groups is 1. The van der Waals surface area contributed by atoms with E-state index in [0.29, 0.717) is 23.3 Å². The third-order valence-corrected chi connectivity index (χ3v) is 5.55. The van der Waals surface area contributed by atoms with Crippen LogP contribution in [0.15, 0.2) is 48.5 Å². The van der Waals surface area contributed by atoms with Crippen LogP contribution in [0.3, 0.4) is 0 Å². The van der Waals surface area contributed by atoms with Gasteiger partial charge in [0.15, 0.2) is 0 Å². The molecule has 1 saturated heterocycles. The van der Waals surface area contributed by atoms with Crippen molar-refractivity contribution in [3.8, 4) is 5.19 Å². The summed E-state index contributed by atoms with van der Waals surface area (Å²) in [6, 6.07) is 15.0. The van der Waals surface area contributed by atoms with Crippen LogP contribution >= 0.6 is 22.9 Å². The number of likely N-dealkylation sites (tertiary alicyclic amines) is 1. The van der Waals surface area contributed by atoms with Crippen molar-refractivity contribution in [3.63, 3.8) is 0 Å². The molecule has 1 aliphatic heterocycles. The Morgan fingerprint density at radius 1 is 1.15 bits per heavy atom. The molecule has 0 unspecified atom stereocenters. The molecule has 0 aliphatic carbocycles. The Morgan fingerprint density at radius 3 is 2.62 bits per heavy atom. The number of rotatable bonds is 3. The van der Waals surface area contributed by atoms with Gasteiger partial charge < -0.3 is 15.0 Å². The molecule has 7 heteroatoms. The number of benzene rings is 2. The van der Waals surface area contributed by atoms with E-state index in [9.17, 15) is 4.79 Å². The van der Waals surface area contributed by atoms with Crippen molar-refractivity contribution in [2.75, 3.05) is 18.4 Å². The lowest BCUT2D eigenvalue weighted by atomic mass is 10.1. The molecule has 0 saturated carbocycles. The molecule has 1 aromatic heterocycles. The Balaban J connectivity index is 1.30. The zero-order valence-electron chi connectivity index (χ0n) is 14.0. The van der Waals surface area contributed by atoms with E-state index in [0.717, 1.165) is 28.7 Å². The Labute approximate surface area is 160 Å². The summed E-state index contributed by atoms with van der Waals surface area (Å²) >= 11 is 7.43. The number of piperidine rings is 1. The Hall–Kier alpha value is -2.31. The van der Waals surface area contributed by atoms with Gasteiger partial charge in [-0.15, -0.1) is 0 Å². The quantitative estimate of drug-likeness (QED) is 0.686. The van der Waals surface area contributed by atoms with E-state index < -0.39 is 0 Å². The molecule has 1 fully saturated rings. The summed E-state index contributed by atoms with van der Waals surface area (Å²) in [6.07, 6.45) is 1.68. The average Bonchev–Trinajstić information content (AvgIpc) is 3.06. The van der Waals surface area contributed by atoms with E-state index in [1.165, 1.54) is 0 Å². The minimum absolute atomic E-state index is 0.0919. The summed E-state index contributed by atoms with van der Waals surface area (Å²) in [6.45, 7) is 1.32. The molecule has 3 aromatic rings. The second-order valence-corrected chi connectivity index (χ2v) is 7.62. The highest BCUT2D eigenvalue weighted by Gasteiger charge is 2.24. The molecule has 1 N–H and O–H groups in total. The van der Waals surface area contributed by atoms with Crippen LogP contribution in [-0.4, -0.2) is 35.1 Å². The van der Waals surface area contributed by atoms with E-state index in [1.807, 2.05) is 29.2 Å². The van der Waals surface area contributed by atoms with Crippen LogP contribution < -0.4 is 10.1 Å². The summed E-state index contributed by atoms with van der Waals surface area (Å²) in [5.74, 6) is 0. The van der Waals surface area contributed by atoms with Crippen molar-refractivity contribution in [1.82, 2.24) is 9.88 Å². The van der Waals surface area contributed by atoms with Crippen molar-refractivity contribution in [1.29, 1.82) is 0 Å². The zero-order chi connectivity index (χ0) is 17.9. The molecule has 5 nitrogen and oxygen atoms in total. The standard InChI is InChI=1S/C19H18ClN3O2S/c20-13-5-7-14(8-6-13)21-18(24)23-11-9-15(10-12-23)25-19-22-16-3-1-2-4-17(16)26-19/h1-8,15H,9-12H2,(H,21,24). The number of nitrogens with one attached hydrogen (secondary N) is 1. The minimum Gasteiger partial charge on any atom is -0.467 e. The van der Waals surface area contributed by atoms with Crippen LogP contribution in [0.25, 0.3) is 10.2 Å². The number of carbonyl (C=O) groups excluding carboxylic acids is 1. The SMILES string of the molecule is O=C(Nc1ccc(Cl)cc1)N1CCC(Oc2nc3ccccc3s2)CC1. The van der Waals surface area contributed by atoms with Gasteiger partial charge >= 0.3 is 6.03 Å². The lowest BCUT2D eigenvalue weighted by Gasteiger charge is -2.31. The van der Waals surface area contributed by atoms with Gasteiger partial charge in [0.25, 0.3) is 5.19 Å². The molecule has 0 spiro atoms. The van der Waals surface area contributed by atoms with Crippen molar-refractivity contribution in [2.24, 2.45) is 0 Å². The molecule has 0 bridgehead atoms. The number of hydrogen-bond donors (Lipinski definition) is 1. The number of urea groups is 1. The molecule has 0 atom stereocenters. The summed E-state index contributed by atoms with van der Waals surface area (Å²) in [5.41, 5.74) is 1.71. The fourth-order valence-electron chi connectivity index (χ4n) is 2.96. The molecular weight excluding hydrogens is 370 g/mol. The predicted molar refractivity (Wildman–Crippen MR) is 105 cm³/mol. The van der Waals surface area contributed by atoms with E-state index in [1.54, 1.807) is 35.6 Å². The van der Waals surface area contributed by atoms with E-state index in [-0.39, 0.29) is 12.1 Å².